The number of anilines is 1. The van der Waals surface area contributed by atoms with Crippen molar-refractivity contribution in [1.29, 1.82) is 0 Å². The average molecular weight is 289 g/mol. The van der Waals surface area contributed by atoms with Crippen LogP contribution in [0.1, 0.15) is 26.6 Å². The van der Waals surface area contributed by atoms with E-state index in [1.54, 1.807) is 0 Å². The van der Waals surface area contributed by atoms with Gasteiger partial charge in [0, 0.05) is 30.7 Å². The van der Waals surface area contributed by atoms with E-state index in [4.69, 9.17) is 9.47 Å². The minimum atomic E-state index is 0.615. The Hall–Kier alpha value is -2.17. The van der Waals surface area contributed by atoms with Gasteiger partial charge in [0.15, 0.2) is 11.5 Å². The summed E-state index contributed by atoms with van der Waals surface area (Å²) in [5, 5.41) is 3.37. The molecule has 2 rings (SSSR count). The van der Waals surface area contributed by atoms with Crippen LogP contribution in [0, 0.1) is 0 Å². The fourth-order valence-electron chi connectivity index (χ4n) is 2.14. The highest BCUT2D eigenvalue weighted by molar-refractivity contribution is 5.54. The Morgan fingerprint density at radius 2 is 1.86 bits per heavy atom. The molecule has 0 bridgehead atoms. The van der Waals surface area contributed by atoms with E-state index in [9.17, 15) is 0 Å². The van der Waals surface area contributed by atoms with Crippen LogP contribution in [-0.4, -0.2) is 22.8 Å². The largest absolute Gasteiger partial charge is 0.490 e. The van der Waals surface area contributed by atoms with Gasteiger partial charge in [-0.25, -0.2) is 4.98 Å². The molecule has 0 aliphatic carbocycles. The van der Waals surface area contributed by atoms with Gasteiger partial charge in [0.1, 0.15) is 5.82 Å². The van der Waals surface area contributed by atoms with Gasteiger partial charge < -0.3 is 19.4 Å². The summed E-state index contributed by atoms with van der Waals surface area (Å²) in [6, 6.07) is 5.89. The highest BCUT2D eigenvalue weighted by atomic mass is 16.5. The molecule has 5 nitrogen and oxygen atoms in total. The molecule has 0 fully saturated rings. The van der Waals surface area contributed by atoms with Crippen LogP contribution in [0.5, 0.6) is 11.5 Å². The monoisotopic (exact) mass is 289 g/mol. The number of imidazole rings is 1. The smallest absolute Gasteiger partial charge is 0.163 e. The summed E-state index contributed by atoms with van der Waals surface area (Å²) < 4.78 is 13.3. The van der Waals surface area contributed by atoms with E-state index < -0.39 is 0 Å². The summed E-state index contributed by atoms with van der Waals surface area (Å²) in [4.78, 5) is 4.35. The summed E-state index contributed by atoms with van der Waals surface area (Å²) in [7, 11) is 0. The number of rotatable bonds is 8. The maximum atomic E-state index is 5.63. The van der Waals surface area contributed by atoms with Crippen molar-refractivity contribution >= 4 is 5.69 Å². The number of nitrogens with zero attached hydrogens (tertiary/aromatic N) is 2. The number of hydrogen-bond acceptors (Lipinski definition) is 4. The zero-order valence-corrected chi connectivity index (χ0v) is 12.9. The van der Waals surface area contributed by atoms with Crippen LogP contribution >= 0.6 is 0 Å². The van der Waals surface area contributed by atoms with Gasteiger partial charge >= 0.3 is 0 Å². The van der Waals surface area contributed by atoms with Crippen LogP contribution in [-0.2, 0) is 13.1 Å². The molecule has 0 spiro atoms. The topological polar surface area (TPSA) is 48.3 Å². The second-order valence-corrected chi connectivity index (χ2v) is 4.51. The van der Waals surface area contributed by atoms with Gasteiger partial charge in [-0.05, 0) is 32.9 Å². The first-order valence-corrected chi connectivity index (χ1v) is 7.42. The summed E-state index contributed by atoms with van der Waals surface area (Å²) in [5.74, 6) is 2.56. The standard InChI is InChI=1S/C16H23N3O2/c1-4-19-10-9-17-16(19)12-18-13-7-8-14(20-5-2)15(11-13)21-6-3/h7-11,18H,4-6,12H2,1-3H3. The van der Waals surface area contributed by atoms with E-state index in [0.717, 1.165) is 29.6 Å². The van der Waals surface area contributed by atoms with Crippen molar-refractivity contribution in [1.82, 2.24) is 9.55 Å². The average Bonchev–Trinajstić information content (AvgIpc) is 2.95. The fourth-order valence-corrected chi connectivity index (χ4v) is 2.14. The molecule has 0 amide bonds. The van der Waals surface area contributed by atoms with Crippen molar-refractivity contribution in [2.45, 2.75) is 33.9 Å². The zero-order valence-electron chi connectivity index (χ0n) is 12.9. The molecule has 0 aliphatic rings. The Balaban J connectivity index is 2.07. The lowest BCUT2D eigenvalue weighted by atomic mass is 10.2. The Morgan fingerprint density at radius 1 is 1.10 bits per heavy atom. The molecule has 1 aromatic carbocycles. The predicted molar refractivity (Wildman–Crippen MR) is 84.0 cm³/mol. The van der Waals surface area contributed by atoms with Crippen LogP contribution in [0.15, 0.2) is 30.6 Å². The number of aromatic nitrogens is 2. The summed E-state index contributed by atoms with van der Waals surface area (Å²) >= 11 is 0. The Morgan fingerprint density at radius 3 is 2.57 bits per heavy atom. The second kappa shape index (κ2) is 7.57. The van der Waals surface area contributed by atoms with Crippen molar-refractivity contribution in [3.63, 3.8) is 0 Å². The molecule has 2 aromatic rings. The minimum Gasteiger partial charge on any atom is -0.490 e. The molecule has 5 heteroatoms. The van der Waals surface area contributed by atoms with Gasteiger partial charge in [-0.3, -0.25) is 0 Å². The van der Waals surface area contributed by atoms with Crippen LogP contribution in [0.2, 0.25) is 0 Å². The molecule has 0 radical (unpaired) electrons. The van der Waals surface area contributed by atoms with E-state index >= 15 is 0 Å². The number of benzene rings is 1. The highest BCUT2D eigenvalue weighted by Gasteiger charge is 2.07. The van der Waals surface area contributed by atoms with Crippen molar-refractivity contribution < 1.29 is 9.47 Å². The van der Waals surface area contributed by atoms with E-state index in [1.807, 2.05) is 44.4 Å². The molecule has 0 aliphatic heterocycles. The van der Waals surface area contributed by atoms with E-state index in [1.165, 1.54) is 0 Å². The summed E-state index contributed by atoms with van der Waals surface area (Å²) in [6.45, 7) is 8.88. The van der Waals surface area contributed by atoms with Crippen LogP contribution in [0.4, 0.5) is 5.69 Å². The quantitative estimate of drug-likeness (QED) is 0.810. The van der Waals surface area contributed by atoms with E-state index in [0.29, 0.717) is 19.8 Å². The lowest BCUT2D eigenvalue weighted by molar-refractivity contribution is 0.288. The van der Waals surface area contributed by atoms with Crippen molar-refractivity contribution in [3.8, 4) is 11.5 Å². The Bertz CT molecular complexity index is 566. The maximum absolute atomic E-state index is 5.63. The number of nitrogens with one attached hydrogen (secondary N) is 1. The van der Waals surface area contributed by atoms with Gasteiger partial charge in [-0.15, -0.1) is 0 Å². The van der Waals surface area contributed by atoms with Crippen molar-refractivity contribution in [2.75, 3.05) is 18.5 Å². The lowest BCUT2D eigenvalue weighted by Gasteiger charge is -2.13. The van der Waals surface area contributed by atoms with Crippen LogP contribution < -0.4 is 14.8 Å². The number of aryl methyl sites for hydroxylation is 1. The van der Waals surface area contributed by atoms with Crippen molar-refractivity contribution in [3.05, 3.63) is 36.4 Å². The van der Waals surface area contributed by atoms with Gasteiger partial charge in [-0.2, -0.15) is 0 Å². The first-order valence-electron chi connectivity index (χ1n) is 7.42. The zero-order chi connectivity index (χ0) is 15.1. The van der Waals surface area contributed by atoms with Gasteiger partial charge in [0.05, 0.1) is 19.8 Å². The fraction of sp³-hybridized carbons (Fsp3) is 0.438. The molecule has 0 saturated heterocycles. The van der Waals surface area contributed by atoms with Crippen LogP contribution in [0.25, 0.3) is 0 Å². The molecule has 0 saturated carbocycles. The van der Waals surface area contributed by atoms with Crippen molar-refractivity contribution in [2.24, 2.45) is 0 Å². The summed E-state index contributed by atoms with van der Waals surface area (Å²) in [5.41, 5.74) is 0.993. The number of hydrogen-bond donors (Lipinski definition) is 1. The second-order valence-electron chi connectivity index (χ2n) is 4.51. The molecular weight excluding hydrogens is 266 g/mol. The summed E-state index contributed by atoms with van der Waals surface area (Å²) in [6.07, 6.45) is 3.81. The third kappa shape index (κ3) is 3.90. The molecule has 0 unspecified atom stereocenters. The first kappa shape index (κ1) is 15.2. The minimum absolute atomic E-state index is 0.615. The molecule has 1 heterocycles. The third-order valence-electron chi connectivity index (χ3n) is 3.14. The predicted octanol–water partition coefficient (Wildman–Crippen LogP) is 3.31. The Kier molecular flexibility index (Phi) is 5.49. The molecule has 0 atom stereocenters. The van der Waals surface area contributed by atoms with Gasteiger partial charge in [0.25, 0.3) is 0 Å². The molecular formula is C16H23N3O2. The van der Waals surface area contributed by atoms with Crippen LogP contribution in [0.3, 0.4) is 0 Å². The van der Waals surface area contributed by atoms with E-state index in [2.05, 4.69) is 21.8 Å². The SMILES string of the molecule is CCOc1ccc(NCc2nccn2CC)cc1OCC. The molecule has 1 N–H and O–H groups in total. The molecule has 21 heavy (non-hydrogen) atoms. The molecule has 1 aromatic heterocycles. The third-order valence-corrected chi connectivity index (χ3v) is 3.14. The normalized spacial score (nSPS) is 10.4. The first-order chi connectivity index (χ1) is 10.3. The number of ether oxygens (including phenoxy) is 2. The lowest BCUT2D eigenvalue weighted by Crippen LogP contribution is -2.08. The van der Waals surface area contributed by atoms with E-state index in [-0.39, 0.29) is 0 Å². The van der Waals surface area contributed by atoms with Gasteiger partial charge in [-0.1, -0.05) is 0 Å². The highest BCUT2D eigenvalue weighted by Crippen LogP contribution is 2.30. The molecule has 114 valence electrons. The Labute approximate surface area is 125 Å². The maximum Gasteiger partial charge on any atom is 0.163 e. The van der Waals surface area contributed by atoms with Gasteiger partial charge in [0.2, 0.25) is 0 Å².